The van der Waals surface area contributed by atoms with Gasteiger partial charge < -0.3 is 4.74 Å². The zero-order chi connectivity index (χ0) is 14.0. The normalized spacial score (nSPS) is 12.3. The van der Waals surface area contributed by atoms with Crippen LogP contribution in [0.5, 0.6) is 5.75 Å². The van der Waals surface area contributed by atoms with Crippen molar-refractivity contribution in [3.8, 4) is 5.75 Å². The molecule has 0 aliphatic rings. The molecule has 100 valence electrons. The lowest BCUT2D eigenvalue weighted by atomic mass is 9.87. The summed E-state index contributed by atoms with van der Waals surface area (Å²) in [5.41, 5.74) is 5.17. The largest absolute Gasteiger partial charge is 0.497 e. The van der Waals surface area contributed by atoms with Crippen molar-refractivity contribution in [1.29, 1.82) is 0 Å². The van der Waals surface area contributed by atoms with Crippen LogP contribution in [0.15, 0.2) is 36.4 Å². The van der Waals surface area contributed by atoms with Gasteiger partial charge in [0.1, 0.15) is 5.75 Å². The first kappa shape index (κ1) is 14.0. The maximum Gasteiger partial charge on any atom is 0.119 e. The van der Waals surface area contributed by atoms with Crippen LogP contribution in [0.3, 0.4) is 0 Å². The van der Waals surface area contributed by atoms with Crippen LogP contribution in [-0.2, 0) is 0 Å². The summed E-state index contributed by atoms with van der Waals surface area (Å²) in [6, 6.07) is 12.3. The number of methoxy groups -OCH3 is 1. The highest BCUT2D eigenvalue weighted by atomic mass is 35.5. The Bertz CT molecular complexity index is 549. The van der Waals surface area contributed by atoms with E-state index >= 15 is 0 Å². The topological polar surface area (TPSA) is 9.23 Å². The Morgan fingerprint density at radius 3 is 2.00 bits per heavy atom. The van der Waals surface area contributed by atoms with E-state index in [1.807, 2.05) is 12.1 Å². The molecule has 0 heterocycles. The Labute approximate surface area is 120 Å². The minimum Gasteiger partial charge on any atom is -0.497 e. The quantitative estimate of drug-likeness (QED) is 0.755. The van der Waals surface area contributed by atoms with Crippen molar-refractivity contribution in [2.75, 3.05) is 7.11 Å². The molecule has 0 saturated carbocycles. The summed E-state index contributed by atoms with van der Waals surface area (Å²) in [6.07, 6.45) is 0. The molecule has 1 nitrogen and oxygen atoms in total. The second-order valence-corrected chi connectivity index (χ2v) is 5.38. The van der Waals surface area contributed by atoms with E-state index in [0.717, 1.165) is 10.8 Å². The molecule has 1 atom stereocenters. The molecule has 0 saturated heterocycles. The average Bonchev–Trinajstić information content (AvgIpc) is 2.38. The van der Waals surface area contributed by atoms with E-state index < -0.39 is 0 Å². The molecule has 0 bridgehead atoms. The molecule has 1 unspecified atom stereocenters. The molecule has 19 heavy (non-hydrogen) atoms. The van der Waals surface area contributed by atoms with E-state index in [-0.39, 0.29) is 0 Å². The molecular formula is C17H19ClO. The van der Waals surface area contributed by atoms with Gasteiger partial charge in [-0.1, -0.05) is 30.7 Å². The molecule has 0 fully saturated rings. The zero-order valence-electron chi connectivity index (χ0n) is 11.8. The second kappa shape index (κ2) is 5.66. The van der Waals surface area contributed by atoms with Crippen molar-refractivity contribution in [2.45, 2.75) is 26.7 Å². The van der Waals surface area contributed by atoms with Gasteiger partial charge in [-0.2, -0.15) is 0 Å². The van der Waals surface area contributed by atoms with Crippen molar-refractivity contribution < 1.29 is 4.74 Å². The van der Waals surface area contributed by atoms with Crippen molar-refractivity contribution in [3.63, 3.8) is 0 Å². The smallest absolute Gasteiger partial charge is 0.119 e. The highest BCUT2D eigenvalue weighted by molar-refractivity contribution is 6.30. The van der Waals surface area contributed by atoms with Crippen LogP contribution in [0.4, 0.5) is 0 Å². The SMILES string of the molecule is COc1cc(C)c(C(C)c2ccc(Cl)cc2)c(C)c1. The summed E-state index contributed by atoms with van der Waals surface area (Å²) in [4.78, 5) is 0. The molecule has 0 spiro atoms. The first-order chi connectivity index (χ1) is 9.02. The predicted molar refractivity (Wildman–Crippen MR) is 81.4 cm³/mol. The molecule has 0 N–H and O–H groups in total. The van der Waals surface area contributed by atoms with E-state index in [0.29, 0.717) is 5.92 Å². The number of hydrogen-bond acceptors (Lipinski definition) is 1. The molecule has 0 aromatic heterocycles. The van der Waals surface area contributed by atoms with E-state index in [4.69, 9.17) is 16.3 Å². The minimum absolute atomic E-state index is 0.350. The first-order valence-corrected chi connectivity index (χ1v) is 6.81. The molecule has 2 aromatic carbocycles. The van der Waals surface area contributed by atoms with Gasteiger partial charge in [-0.05, 0) is 60.4 Å². The van der Waals surface area contributed by atoms with Crippen LogP contribution in [0, 0.1) is 13.8 Å². The summed E-state index contributed by atoms with van der Waals surface area (Å²) in [7, 11) is 1.70. The fourth-order valence-corrected chi connectivity index (χ4v) is 2.78. The van der Waals surface area contributed by atoms with Crippen molar-refractivity contribution in [3.05, 3.63) is 63.7 Å². The van der Waals surface area contributed by atoms with Crippen LogP contribution in [0.1, 0.15) is 35.1 Å². The Kier molecular flexibility index (Phi) is 4.16. The molecule has 0 amide bonds. The van der Waals surface area contributed by atoms with Crippen LogP contribution in [-0.4, -0.2) is 7.11 Å². The van der Waals surface area contributed by atoms with Gasteiger partial charge in [-0.3, -0.25) is 0 Å². The highest BCUT2D eigenvalue weighted by Gasteiger charge is 2.14. The Hall–Kier alpha value is -1.47. The van der Waals surface area contributed by atoms with E-state index in [2.05, 4.69) is 45.0 Å². The van der Waals surface area contributed by atoms with Crippen molar-refractivity contribution >= 4 is 11.6 Å². The van der Waals surface area contributed by atoms with Crippen LogP contribution < -0.4 is 4.74 Å². The van der Waals surface area contributed by atoms with Gasteiger partial charge >= 0.3 is 0 Å². The third-order valence-corrected chi connectivity index (χ3v) is 3.86. The molecular weight excluding hydrogens is 256 g/mol. The van der Waals surface area contributed by atoms with E-state index in [9.17, 15) is 0 Å². The molecule has 0 radical (unpaired) electrons. The second-order valence-electron chi connectivity index (χ2n) is 4.95. The van der Waals surface area contributed by atoms with Crippen LogP contribution in [0.2, 0.25) is 5.02 Å². The summed E-state index contributed by atoms with van der Waals surface area (Å²) in [5, 5.41) is 0.777. The van der Waals surface area contributed by atoms with Crippen LogP contribution in [0.25, 0.3) is 0 Å². The van der Waals surface area contributed by atoms with Gasteiger partial charge in [0.25, 0.3) is 0 Å². The lowest BCUT2D eigenvalue weighted by Crippen LogP contribution is -2.02. The monoisotopic (exact) mass is 274 g/mol. The highest BCUT2D eigenvalue weighted by Crippen LogP contribution is 2.32. The molecule has 0 aliphatic carbocycles. The van der Waals surface area contributed by atoms with Gasteiger partial charge in [0.2, 0.25) is 0 Å². The number of hydrogen-bond donors (Lipinski definition) is 0. The summed E-state index contributed by atoms with van der Waals surface area (Å²) in [6.45, 7) is 6.50. The molecule has 2 heteroatoms. The maximum absolute atomic E-state index is 5.95. The number of halogens is 1. The predicted octanol–water partition coefficient (Wildman–Crippen LogP) is 5.12. The van der Waals surface area contributed by atoms with Gasteiger partial charge in [0.05, 0.1) is 7.11 Å². The van der Waals surface area contributed by atoms with Crippen molar-refractivity contribution in [2.24, 2.45) is 0 Å². The Morgan fingerprint density at radius 2 is 1.53 bits per heavy atom. The summed E-state index contributed by atoms with van der Waals surface area (Å²) < 4.78 is 5.31. The third-order valence-electron chi connectivity index (χ3n) is 3.61. The number of aryl methyl sites for hydroxylation is 2. The fraction of sp³-hybridized carbons (Fsp3) is 0.294. The summed E-state index contributed by atoms with van der Waals surface area (Å²) >= 11 is 5.95. The lowest BCUT2D eigenvalue weighted by Gasteiger charge is -2.19. The van der Waals surface area contributed by atoms with Gasteiger partial charge in [-0.25, -0.2) is 0 Å². The lowest BCUT2D eigenvalue weighted by molar-refractivity contribution is 0.414. The van der Waals surface area contributed by atoms with Crippen molar-refractivity contribution in [1.82, 2.24) is 0 Å². The number of ether oxygens (including phenoxy) is 1. The van der Waals surface area contributed by atoms with Gasteiger partial charge in [-0.15, -0.1) is 0 Å². The molecule has 2 rings (SSSR count). The zero-order valence-corrected chi connectivity index (χ0v) is 12.6. The first-order valence-electron chi connectivity index (χ1n) is 6.43. The molecule has 0 aliphatic heterocycles. The van der Waals surface area contributed by atoms with Crippen LogP contribution >= 0.6 is 11.6 Å². The Balaban J connectivity index is 2.44. The van der Waals surface area contributed by atoms with Gasteiger partial charge in [0.15, 0.2) is 0 Å². The average molecular weight is 275 g/mol. The summed E-state index contributed by atoms with van der Waals surface area (Å²) in [5.74, 6) is 1.27. The Morgan fingerprint density at radius 1 is 1.00 bits per heavy atom. The van der Waals surface area contributed by atoms with Gasteiger partial charge in [0, 0.05) is 10.9 Å². The fourth-order valence-electron chi connectivity index (χ4n) is 2.65. The molecule has 2 aromatic rings. The maximum atomic E-state index is 5.95. The van der Waals surface area contributed by atoms with E-state index in [1.165, 1.54) is 22.3 Å². The third kappa shape index (κ3) is 2.93. The van der Waals surface area contributed by atoms with E-state index in [1.54, 1.807) is 7.11 Å². The standard InChI is InChI=1S/C17H19ClO/c1-11-9-16(19-4)10-12(2)17(11)13(3)14-5-7-15(18)8-6-14/h5-10,13H,1-4H3. The number of rotatable bonds is 3. The number of benzene rings is 2. The minimum atomic E-state index is 0.350.